The number of carbonyl (C=O) groups excluding carboxylic acids is 1. The maximum atomic E-state index is 11.7. The Labute approximate surface area is 110 Å². The van der Waals surface area contributed by atoms with Gasteiger partial charge < -0.3 is 5.32 Å². The number of amides is 1. The summed E-state index contributed by atoms with van der Waals surface area (Å²) in [6, 6.07) is -0.0387. The minimum atomic E-state index is -0.0387. The van der Waals surface area contributed by atoms with E-state index in [1.165, 1.54) is 0 Å². The van der Waals surface area contributed by atoms with Crippen LogP contribution >= 0.6 is 23.1 Å². The van der Waals surface area contributed by atoms with Gasteiger partial charge in [-0.05, 0) is 0 Å². The van der Waals surface area contributed by atoms with Crippen molar-refractivity contribution in [3.8, 4) is 0 Å². The number of nitrogens with zero attached hydrogens (tertiary/aromatic N) is 1. The summed E-state index contributed by atoms with van der Waals surface area (Å²) in [5, 5.41) is 9.22. The SMILES string of the molecule is CC(C)c1nc(CNC(=O)C2CSCN2)cs1. The first-order valence-electron chi connectivity index (χ1n) is 5.70. The molecule has 94 valence electrons. The van der Waals surface area contributed by atoms with Gasteiger partial charge >= 0.3 is 0 Å². The van der Waals surface area contributed by atoms with Gasteiger partial charge in [-0.1, -0.05) is 13.8 Å². The smallest absolute Gasteiger partial charge is 0.238 e. The molecule has 1 fully saturated rings. The zero-order chi connectivity index (χ0) is 12.3. The number of rotatable bonds is 4. The van der Waals surface area contributed by atoms with Crippen LogP contribution in [-0.2, 0) is 11.3 Å². The Morgan fingerprint density at radius 3 is 3.12 bits per heavy atom. The molecule has 1 aliphatic rings. The monoisotopic (exact) mass is 271 g/mol. The second-order valence-electron chi connectivity index (χ2n) is 4.32. The molecule has 0 aliphatic carbocycles. The van der Waals surface area contributed by atoms with Crippen LogP contribution in [0.15, 0.2) is 5.38 Å². The molecule has 1 saturated heterocycles. The number of thioether (sulfide) groups is 1. The van der Waals surface area contributed by atoms with Crippen LogP contribution in [0.3, 0.4) is 0 Å². The molecular formula is C11H17N3OS2. The van der Waals surface area contributed by atoms with E-state index < -0.39 is 0 Å². The van der Waals surface area contributed by atoms with Gasteiger partial charge in [0.25, 0.3) is 0 Å². The van der Waals surface area contributed by atoms with Crippen molar-refractivity contribution in [3.63, 3.8) is 0 Å². The molecule has 1 atom stereocenters. The number of carbonyl (C=O) groups is 1. The van der Waals surface area contributed by atoms with Crippen LogP contribution in [0.1, 0.15) is 30.5 Å². The van der Waals surface area contributed by atoms with Gasteiger partial charge in [-0.15, -0.1) is 23.1 Å². The fourth-order valence-electron chi connectivity index (χ4n) is 1.53. The number of thiazole rings is 1. The highest BCUT2D eigenvalue weighted by Crippen LogP contribution is 2.19. The van der Waals surface area contributed by atoms with Crippen LogP contribution in [0.5, 0.6) is 0 Å². The number of hydrogen-bond donors (Lipinski definition) is 2. The molecule has 1 aromatic rings. The fourth-order valence-corrected chi connectivity index (χ4v) is 3.31. The van der Waals surface area contributed by atoms with E-state index in [1.54, 1.807) is 23.1 Å². The van der Waals surface area contributed by atoms with Gasteiger partial charge in [0.05, 0.1) is 23.3 Å². The van der Waals surface area contributed by atoms with E-state index in [0.29, 0.717) is 12.5 Å². The summed E-state index contributed by atoms with van der Waals surface area (Å²) in [7, 11) is 0. The zero-order valence-electron chi connectivity index (χ0n) is 10.0. The lowest BCUT2D eigenvalue weighted by atomic mass is 10.2. The highest BCUT2D eigenvalue weighted by atomic mass is 32.2. The highest BCUT2D eigenvalue weighted by molar-refractivity contribution is 7.99. The van der Waals surface area contributed by atoms with Crippen LogP contribution < -0.4 is 10.6 Å². The maximum absolute atomic E-state index is 11.7. The predicted molar refractivity (Wildman–Crippen MR) is 72.3 cm³/mol. The first kappa shape index (κ1) is 12.9. The standard InChI is InChI=1S/C11H17N3OS2/c1-7(2)11-14-8(4-17-11)3-12-10(15)9-5-16-6-13-9/h4,7,9,13H,3,5-6H2,1-2H3,(H,12,15). The minimum Gasteiger partial charge on any atom is -0.349 e. The lowest BCUT2D eigenvalue weighted by molar-refractivity contribution is -0.122. The minimum absolute atomic E-state index is 0.0387. The predicted octanol–water partition coefficient (Wildman–Crippen LogP) is 1.55. The summed E-state index contributed by atoms with van der Waals surface area (Å²) in [5.41, 5.74) is 0.956. The van der Waals surface area contributed by atoms with Gasteiger partial charge in [0, 0.05) is 22.9 Å². The molecular weight excluding hydrogens is 254 g/mol. The second kappa shape index (κ2) is 5.84. The molecule has 1 unspecified atom stereocenters. The fraction of sp³-hybridized carbons (Fsp3) is 0.636. The molecule has 17 heavy (non-hydrogen) atoms. The molecule has 6 heteroatoms. The summed E-state index contributed by atoms with van der Waals surface area (Å²) in [5.74, 6) is 2.26. The van der Waals surface area contributed by atoms with Crippen molar-refractivity contribution >= 4 is 29.0 Å². The molecule has 0 bridgehead atoms. The Kier molecular flexibility index (Phi) is 4.42. The van der Waals surface area contributed by atoms with E-state index in [4.69, 9.17) is 0 Å². The van der Waals surface area contributed by atoms with Crippen molar-refractivity contribution in [3.05, 3.63) is 16.1 Å². The third kappa shape index (κ3) is 3.43. The molecule has 4 nitrogen and oxygen atoms in total. The highest BCUT2D eigenvalue weighted by Gasteiger charge is 2.22. The van der Waals surface area contributed by atoms with E-state index in [0.717, 1.165) is 22.3 Å². The zero-order valence-corrected chi connectivity index (χ0v) is 11.7. The lowest BCUT2D eigenvalue weighted by Gasteiger charge is -2.09. The topological polar surface area (TPSA) is 54.0 Å². The van der Waals surface area contributed by atoms with Gasteiger partial charge in [-0.2, -0.15) is 0 Å². The van der Waals surface area contributed by atoms with Gasteiger partial charge in [-0.3, -0.25) is 10.1 Å². The van der Waals surface area contributed by atoms with Crippen molar-refractivity contribution in [2.24, 2.45) is 0 Å². The number of hydrogen-bond acceptors (Lipinski definition) is 5. The molecule has 0 saturated carbocycles. The third-order valence-corrected chi connectivity index (χ3v) is 4.67. The second-order valence-corrected chi connectivity index (χ2v) is 6.24. The van der Waals surface area contributed by atoms with Crippen LogP contribution in [0.25, 0.3) is 0 Å². The summed E-state index contributed by atoms with van der Waals surface area (Å²) >= 11 is 3.41. The van der Waals surface area contributed by atoms with Crippen LogP contribution in [0.4, 0.5) is 0 Å². The summed E-state index contributed by atoms with van der Waals surface area (Å²) < 4.78 is 0. The molecule has 2 N–H and O–H groups in total. The van der Waals surface area contributed by atoms with Crippen LogP contribution in [0, 0.1) is 0 Å². The van der Waals surface area contributed by atoms with E-state index in [2.05, 4.69) is 29.5 Å². The Morgan fingerprint density at radius 2 is 2.53 bits per heavy atom. The summed E-state index contributed by atoms with van der Waals surface area (Å²) in [4.78, 5) is 16.2. The molecule has 0 aromatic carbocycles. The van der Waals surface area contributed by atoms with E-state index in [-0.39, 0.29) is 11.9 Å². The number of aromatic nitrogens is 1. The van der Waals surface area contributed by atoms with Crippen molar-refractivity contribution in [2.75, 3.05) is 11.6 Å². The lowest BCUT2D eigenvalue weighted by Crippen LogP contribution is -2.41. The van der Waals surface area contributed by atoms with Crippen molar-refractivity contribution < 1.29 is 4.79 Å². The van der Waals surface area contributed by atoms with E-state index >= 15 is 0 Å². The largest absolute Gasteiger partial charge is 0.349 e. The molecule has 0 spiro atoms. The molecule has 1 aromatic heterocycles. The first-order chi connectivity index (χ1) is 8.16. The molecule has 1 aliphatic heterocycles. The molecule has 1 amide bonds. The van der Waals surface area contributed by atoms with Gasteiger partial charge in [0.2, 0.25) is 5.91 Å². The Morgan fingerprint density at radius 1 is 1.71 bits per heavy atom. The van der Waals surface area contributed by atoms with Crippen LogP contribution in [-0.4, -0.2) is 28.6 Å². The maximum Gasteiger partial charge on any atom is 0.238 e. The molecule has 2 heterocycles. The third-order valence-electron chi connectivity index (χ3n) is 2.54. The molecule has 0 radical (unpaired) electrons. The van der Waals surface area contributed by atoms with Gasteiger partial charge in [-0.25, -0.2) is 4.98 Å². The normalized spacial score (nSPS) is 19.8. The molecule has 2 rings (SSSR count). The van der Waals surface area contributed by atoms with Crippen molar-refractivity contribution in [1.82, 2.24) is 15.6 Å². The first-order valence-corrected chi connectivity index (χ1v) is 7.73. The summed E-state index contributed by atoms with van der Waals surface area (Å²) in [6.45, 7) is 4.78. The van der Waals surface area contributed by atoms with Gasteiger partial charge in [0.15, 0.2) is 0 Å². The van der Waals surface area contributed by atoms with Crippen molar-refractivity contribution in [2.45, 2.75) is 32.4 Å². The van der Waals surface area contributed by atoms with Crippen molar-refractivity contribution in [1.29, 1.82) is 0 Å². The van der Waals surface area contributed by atoms with E-state index in [1.807, 2.05) is 5.38 Å². The quantitative estimate of drug-likeness (QED) is 0.872. The van der Waals surface area contributed by atoms with Gasteiger partial charge in [0.1, 0.15) is 0 Å². The average molecular weight is 271 g/mol. The Balaban J connectivity index is 1.82. The summed E-state index contributed by atoms with van der Waals surface area (Å²) in [6.07, 6.45) is 0. The van der Waals surface area contributed by atoms with E-state index in [9.17, 15) is 4.79 Å². The Hall–Kier alpha value is -0.590. The average Bonchev–Trinajstić information content (AvgIpc) is 2.97. The number of nitrogens with one attached hydrogen (secondary N) is 2. The van der Waals surface area contributed by atoms with Crippen LogP contribution in [0.2, 0.25) is 0 Å². The Bertz CT molecular complexity index is 386.